The number of carbonyl (C=O) groups excluding carboxylic acids is 4. The van der Waals surface area contributed by atoms with Crippen LogP contribution in [-0.4, -0.2) is 72.3 Å². The van der Waals surface area contributed by atoms with Gasteiger partial charge in [-0.05, 0) is 42.8 Å². The minimum atomic E-state index is -0.641. The molecule has 0 N–H and O–H groups in total. The lowest BCUT2D eigenvalue weighted by atomic mass is 9.82. The molecule has 0 aromatic heterocycles. The SMILES string of the molecule is COCCCN1C(=O)c2ccc(C(=O)N3CCC4(CC3)CC(=O)c3cc(Cl)ccc3O4)cc2C1=O. The number of halogens is 1. The Hall–Kier alpha value is -3.23. The summed E-state index contributed by atoms with van der Waals surface area (Å²) in [4.78, 5) is 54.3. The van der Waals surface area contributed by atoms with Gasteiger partial charge in [0.2, 0.25) is 0 Å². The van der Waals surface area contributed by atoms with Gasteiger partial charge in [-0.3, -0.25) is 24.1 Å². The highest BCUT2D eigenvalue weighted by atomic mass is 35.5. The average molecular weight is 497 g/mol. The Morgan fingerprint density at radius 1 is 1.03 bits per heavy atom. The Balaban J connectivity index is 1.27. The van der Waals surface area contributed by atoms with E-state index in [1.54, 1.807) is 42.3 Å². The number of nitrogens with zero attached hydrogens (tertiary/aromatic N) is 2. The summed E-state index contributed by atoms with van der Waals surface area (Å²) < 4.78 is 11.2. The maximum Gasteiger partial charge on any atom is 0.261 e. The fourth-order valence-electron chi connectivity index (χ4n) is 5.04. The topological polar surface area (TPSA) is 93.2 Å². The van der Waals surface area contributed by atoms with Crippen LogP contribution in [-0.2, 0) is 4.74 Å². The monoisotopic (exact) mass is 496 g/mol. The van der Waals surface area contributed by atoms with E-state index in [0.29, 0.717) is 66.4 Å². The number of Topliss-reactive ketones (excluding diaryl/α,β-unsaturated/α-hetero) is 1. The van der Waals surface area contributed by atoms with Crippen LogP contribution in [0.1, 0.15) is 67.1 Å². The zero-order valence-electron chi connectivity index (χ0n) is 19.3. The lowest BCUT2D eigenvalue weighted by molar-refractivity contribution is -0.00572. The largest absolute Gasteiger partial charge is 0.486 e. The minimum Gasteiger partial charge on any atom is -0.486 e. The van der Waals surface area contributed by atoms with Gasteiger partial charge in [-0.1, -0.05) is 11.6 Å². The number of imide groups is 1. The molecule has 3 aliphatic heterocycles. The maximum absolute atomic E-state index is 13.2. The number of methoxy groups -OCH3 is 1. The van der Waals surface area contributed by atoms with Crippen molar-refractivity contribution < 1.29 is 28.7 Å². The summed E-state index contributed by atoms with van der Waals surface area (Å²) in [5.41, 5.74) is 0.783. The Morgan fingerprint density at radius 2 is 1.77 bits per heavy atom. The van der Waals surface area contributed by atoms with Gasteiger partial charge in [0.1, 0.15) is 11.4 Å². The Kier molecular flexibility index (Phi) is 6.11. The molecule has 35 heavy (non-hydrogen) atoms. The molecule has 0 saturated carbocycles. The van der Waals surface area contributed by atoms with Gasteiger partial charge in [0.25, 0.3) is 17.7 Å². The van der Waals surface area contributed by atoms with E-state index in [0.717, 1.165) is 0 Å². The van der Waals surface area contributed by atoms with Crippen molar-refractivity contribution in [2.75, 3.05) is 33.4 Å². The summed E-state index contributed by atoms with van der Waals surface area (Å²) in [6.45, 7) is 1.55. The van der Waals surface area contributed by atoms with Crippen LogP contribution in [0.4, 0.5) is 0 Å². The number of likely N-dealkylation sites (tertiary alicyclic amines) is 1. The highest BCUT2D eigenvalue weighted by Crippen LogP contribution is 2.40. The Morgan fingerprint density at radius 3 is 2.51 bits per heavy atom. The summed E-state index contributed by atoms with van der Waals surface area (Å²) in [5.74, 6) is -0.426. The molecule has 9 heteroatoms. The molecule has 2 aromatic rings. The van der Waals surface area contributed by atoms with Gasteiger partial charge in [0.05, 0.1) is 23.1 Å². The van der Waals surface area contributed by atoms with Crippen LogP contribution in [0.15, 0.2) is 36.4 Å². The molecule has 182 valence electrons. The third-order valence-electron chi connectivity index (χ3n) is 6.96. The number of hydrogen-bond acceptors (Lipinski definition) is 6. The van der Waals surface area contributed by atoms with E-state index in [1.807, 2.05) is 0 Å². The lowest BCUT2D eigenvalue weighted by Crippen LogP contribution is -2.52. The first-order valence-electron chi connectivity index (χ1n) is 11.6. The lowest BCUT2D eigenvalue weighted by Gasteiger charge is -2.44. The van der Waals surface area contributed by atoms with Crippen LogP contribution in [0.3, 0.4) is 0 Å². The van der Waals surface area contributed by atoms with Gasteiger partial charge < -0.3 is 14.4 Å². The summed E-state index contributed by atoms with van der Waals surface area (Å²) in [5, 5.41) is 0.490. The number of fused-ring (bicyclic) bond motifs is 2. The summed E-state index contributed by atoms with van der Waals surface area (Å²) >= 11 is 6.02. The van der Waals surface area contributed by atoms with E-state index in [4.69, 9.17) is 21.1 Å². The first-order chi connectivity index (χ1) is 16.8. The molecule has 0 bridgehead atoms. The zero-order chi connectivity index (χ0) is 24.7. The van der Waals surface area contributed by atoms with Crippen LogP contribution >= 0.6 is 11.6 Å². The van der Waals surface area contributed by atoms with Crippen LogP contribution in [0.2, 0.25) is 5.02 Å². The molecule has 0 radical (unpaired) electrons. The van der Waals surface area contributed by atoms with Gasteiger partial charge in [-0.15, -0.1) is 0 Å². The van der Waals surface area contributed by atoms with Gasteiger partial charge in [-0.2, -0.15) is 0 Å². The average Bonchev–Trinajstić information content (AvgIpc) is 3.09. The fourth-order valence-corrected chi connectivity index (χ4v) is 5.21. The molecule has 3 aliphatic rings. The van der Waals surface area contributed by atoms with Gasteiger partial charge in [0.15, 0.2) is 5.78 Å². The van der Waals surface area contributed by atoms with Crippen molar-refractivity contribution in [1.82, 2.24) is 9.80 Å². The standard InChI is InChI=1S/C26H25ClN2O6/c1-34-12-2-9-29-24(32)18-5-3-16(13-19(18)25(29)33)23(31)28-10-7-26(8-11-28)15-21(30)20-14-17(27)4-6-22(20)35-26/h3-6,13-14H,2,7-12,15H2,1H3. The first kappa shape index (κ1) is 23.5. The number of amides is 3. The molecule has 8 nitrogen and oxygen atoms in total. The summed E-state index contributed by atoms with van der Waals surface area (Å²) in [7, 11) is 1.57. The molecule has 3 heterocycles. The van der Waals surface area contributed by atoms with Gasteiger partial charge >= 0.3 is 0 Å². The van der Waals surface area contributed by atoms with Crippen molar-refractivity contribution in [3.8, 4) is 5.75 Å². The fraction of sp³-hybridized carbons (Fsp3) is 0.385. The number of rotatable bonds is 5. The quantitative estimate of drug-likeness (QED) is 0.463. The smallest absolute Gasteiger partial charge is 0.261 e. The second-order valence-corrected chi connectivity index (χ2v) is 9.62. The molecule has 5 rings (SSSR count). The molecule has 3 amide bonds. The number of hydrogen-bond donors (Lipinski definition) is 0. The minimum absolute atomic E-state index is 0.00891. The van der Waals surface area contributed by atoms with E-state index in [2.05, 4.69) is 0 Å². The normalized spacial score (nSPS) is 18.5. The predicted molar refractivity (Wildman–Crippen MR) is 127 cm³/mol. The highest BCUT2D eigenvalue weighted by molar-refractivity contribution is 6.31. The van der Waals surface area contributed by atoms with Crippen LogP contribution in [0.5, 0.6) is 5.75 Å². The number of benzene rings is 2. The molecule has 0 unspecified atom stereocenters. The first-order valence-corrected chi connectivity index (χ1v) is 12.0. The van der Waals surface area contributed by atoms with Crippen molar-refractivity contribution in [3.63, 3.8) is 0 Å². The second kappa shape index (κ2) is 9.09. The molecular weight excluding hydrogens is 472 g/mol. The van der Waals surface area contributed by atoms with Gasteiger partial charge in [-0.25, -0.2) is 0 Å². The van der Waals surface area contributed by atoms with E-state index < -0.39 is 5.60 Å². The molecule has 1 fully saturated rings. The van der Waals surface area contributed by atoms with E-state index in [1.165, 1.54) is 11.0 Å². The van der Waals surface area contributed by atoms with Crippen LogP contribution < -0.4 is 4.74 Å². The van der Waals surface area contributed by atoms with Crippen molar-refractivity contribution in [1.29, 1.82) is 0 Å². The molecule has 0 aliphatic carbocycles. The maximum atomic E-state index is 13.2. The van der Waals surface area contributed by atoms with Crippen LogP contribution in [0, 0.1) is 0 Å². The third kappa shape index (κ3) is 4.21. The van der Waals surface area contributed by atoms with Crippen LogP contribution in [0.25, 0.3) is 0 Å². The van der Waals surface area contributed by atoms with E-state index in [-0.39, 0.29) is 42.0 Å². The molecular formula is C26H25ClN2O6. The number of piperidine rings is 1. The number of ether oxygens (including phenoxy) is 2. The zero-order valence-corrected chi connectivity index (χ0v) is 20.1. The molecule has 1 spiro atoms. The third-order valence-corrected chi connectivity index (χ3v) is 7.20. The second-order valence-electron chi connectivity index (χ2n) is 9.19. The summed E-state index contributed by atoms with van der Waals surface area (Å²) in [6, 6.07) is 9.70. The van der Waals surface area contributed by atoms with E-state index >= 15 is 0 Å². The van der Waals surface area contributed by atoms with Crippen molar-refractivity contribution in [2.24, 2.45) is 0 Å². The van der Waals surface area contributed by atoms with E-state index in [9.17, 15) is 19.2 Å². The van der Waals surface area contributed by atoms with Crippen molar-refractivity contribution in [2.45, 2.75) is 31.3 Å². The number of carbonyl (C=O) groups is 4. The Labute approximate surface area is 207 Å². The molecule has 1 saturated heterocycles. The Bertz CT molecular complexity index is 1230. The van der Waals surface area contributed by atoms with Crippen molar-refractivity contribution >= 4 is 35.1 Å². The van der Waals surface area contributed by atoms with Crippen molar-refractivity contribution in [3.05, 3.63) is 63.7 Å². The number of ketones is 1. The highest BCUT2D eigenvalue weighted by Gasteiger charge is 2.44. The predicted octanol–water partition coefficient (Wildman–Crippen LogP) is 3.61. The molecule has 0 atom stereocenters. The summed E-state index contributed by atoms with van der Waals surface area (Å²) in [6.07, 6.45) is 1.83. The van der Waals surface area contributed by atoms with Gasteiger partial charge in [0, 0.05) is 56.8 Å². The molecule has 2 aromatic carbocycles.